The summed E-state index contributed by atoms with van der Waals surface area (Å²) in [4.78, 5) is -0.322. The average Bonchev–Trinajstić information content (AvgIpc) is 2.40. The number of allylic oxidation sites excluding steroid dienone is 3. The first-order valence-corrected chi connectivity index (χ1v) is 8.36. The molecule has 0 bridgehead atoms. The van der Waals surface area contributed by atoms with Gasteiger partial charge in [0.1, 0.15) is 0 Å². The first-order valence-electron chi connectivity index (χ1n) is 5.55. The Hall–Kier alpha value is -1.44. The van der Waals surface area contributed by atoms with Gasteiger partial charge in [-0.3, -0.25) is 0 Å². The zero-order chi connectivity index (χ0) is 13.9. The van der Waals surface area contributed by atoms with Crippen molar-refractivity contribution in [3.63, 3.8) is 0 Å². The fourth-order valence-corrected chi connectivity index (χ4v) is 4.21. The van der Waals surface area contributed by atoms with E-state index in [-0.39, 0.29) is 9.80 Å². The first-order chi connectivity index (χ1) is 8.92. The number of rotatable bonds is 4. The van der Waals surface area contributed by atoms with E-state index in [0.717, 1.165) is 6.42 Å². The van der Waals surface area contributed by atoms with Crippen LogP contribution in [0.15, 0.2) is 58.4 Å². The summed E-state index contributed by atoms with van der Waals surface area (Å²) in [6.45, 7) is 0. The molecular weight excluding hydrogens is 288 g/mol. The van der Waals surface area contributed by atoms with E-state index in [1.54, 1.807) is 12.1 Å². The molecule has 102 valence electrons. The third kappa shape index (κ3) is 3.31. The van der Waals surface area contributed by atoms with E-state index < -0.39 is 20.2 Å². The van der Waals surface area contributed by atoms with Gasteiger partial charge in [-0.25, -0.2) is 0 Å². The van der Waals surface area contributed by atoms with Crippen LogP contribution in [-0.4, -0.2) is 16.8 Å². The van der Waals surface area contributed by atoms with Gasteiger partial charge in [0.2, 0.25) is 0 Å². The highest BCUT2D eigenvalue weighted by Crippen LogP contribution is 2.22. The molecule has 1 aliphatic rings. The van der Waals surface area contributed by atoms with Crippen molar-refractivity contribution >= 4 is 20.2 Å². The van der Waals surface area contributed by atoms with E-state index in [1.165, 1.54) is 36.4 Å². The first kappa shape index (κ1) is 14.0. The summed E-state index contributed by atoms with van der Waals surface area (Å²) in [6.07, 6.45) is 5.71. The van der Waals surface area contributed by atoms with Crippen LogP contribution < -0.4 is 0 Å². The van der Waals surface area contributed by atoms with Crippen LogP contribution in [0.4, 0.5) is 0 Å². The lowest BCUT2D eigenvalue weighted by atomic mass is 10.2. The highest BCUT2D eigenvalue weighted by Gasteiger charge is 2.27. The van der Waals surface area contributed by atoms with Gasteiger partial charge in [0.05, 0.1) is 9.80 Å². The van der Waals surface area contributed by atoms with E-state index in [0.29, 0.717) is 6.42 Å². The monoisotopic (exact) mass is 300 g/mol. The van der Waals surface area contributed by atoms with Gasteiger partial charge in [-0.2, -0.15) is 16.8 Å². The molecule has 0 spiro atoms. The Labute approximate surface area is 112 Å². The fraction of sp³-hybridized carbons (Fsp3) is 0.167. The Morgan fingerprint density at radius 2 is 1.58 bits per heavy atom. The lowest BCUT2D eigenvalue weighted by molar-refractivity contribution is 0.467. The van der Waals surface area contributed by atoms with Gasteiger partial charge in [-0.05, 0) is 31.1 Å². The van der Waals surface area contributed by atoms with Crippen molar-refractivity contribution in [1.82, 2.24) is 0 Å². The second kappa shape index (κ2) is 5.28. The summed E-state index contributed by atoms with van der Waals surface area (Å²) in [6, 6.07) is 7.15. The highest BCUT2D eigenvalue weighted by atomic mass is 32.3. The van der Waals surface area contributed by atoms with E-state index in [9.17, 15) is 16.8 Å². The maximum atomic E-state index is 11.9. The summed E-state index contributed by atoms with van der Waals surface area (Å²) in [7, 11) is -8.63. The minimum Gasteiger partial charge on any atom is -0.193 e. The molecule has 0 aromatic heterocycles. The third-order valence-electron chi connectivity index (χ3n) is 2.46. The molecule has 0 N–H and O–H groups in total. The molecule has 1 aromatic rings. The van der Waals surface area contributed by atoms with Crippen molar-refractivity contribution in [2.45, 2.75) is 17.7 Å². The van der Waals surface area contributed by atoms with Crippen molar-refractivity contribution < 1.29 is 20.5 Å². The minimum absolute atomic E-state index is 0.127. The molecule has 0 atom stereocenters. The fourth-order valence-electron chi connectivity index (χ4n) is 1.56. The molecule has 0 heterocycles. The van der Waals surface area contributed by atoms with Crippen LogP contribution in [0.3, 0.4) is 0 Å². The predicted molar refractivity (Wildman–Crippen MR) is 70.1 cm³/mol. The third-order valence-corrected chi connectivity index (χ3v) is 5.62. The molecule has 2 rings (SSSR count). The molecule has 0 aliphatic heterocycles. The van der Waals surface area contributed by atoms with Crippen LogP contribution in [0.5, 0.6) is 0 Å². The zero-order valence-electron chi connectivity index (χ0n) is 9.89. The van der Waals surface area contributed by atoms with Crippen LogP contribution in [0, 0.1) is 0 Å². The molecule has 1 aliphatic carbocycles. The molecule has 0 saturated carbocycles. The molecular formula is C12H12O5S2. The Bertz CT molecular complexity index is 713. The quantitative estimate of drug-likeness (QED) is 0.849. The van der Waals surface area contributed by atoms with E-state index in [4.69, 9.17) is 0 Å². The molecule has 7 heteroatoms. The van der Waals surface area contributed by atoms with E-state index >= 15 is 0 Å². The van der Waals surface area contributed by atoms with Crippen molar-refractivity contribution in [2.75, 3.05) is 0 Å². The molecule has 0 radical (unpaired) electrons. The maximum Gasteiger partial charge on any atom is 0.311 e. The summed E-state index contributed by atoms with van der Waals surface area (Å²) < 4.78 is 51.8. The second-order valence-corrected chi connectivity index (χ2v) is 7.18. The van der Waals surface area contributed by atoms with Gasteiger partial charge in [-0.1, -0.05) is 30.4 Å². The molecule has 0 amide bonds. The van der Waals surface area contributed by atoms with Crippen LogP contribution in [0.2, 0.25) is 0 Å². The lowest BCUT2D eigenvalue weighted by Gasteiger charge is -2.09. The molecule has 5 nitrogen and oxygen atoms in total. The normalized spacial score (nSPS) is 16.1. The van der Waals surface area contributed by atoms with Crippen molar-refractivity contribution in [3.8, 4) is 0 Å². The molecule has 0 saturated heterocycles. The van der Waals surface area contributed by atoms with E-state index in [1.807, 2.05) is 0 Å². The summed E-state index contributed by atoms with van der Waals surface area (Å²) in [5.41, 5.74) is 0. The smallest absolute Gasteiger partial charge is 0.193 e. The Balaban J connectivity index is 2.31. The topological polar surface area (TPSA) is 77.5 Å². The molecule has 1 aromatic carbocycles. The van der Waals surface area contributed by atoms with Crippen LogP contribution >= 0.6 is 0 Å². The lowest BCUT2D eigenvalue weighted by Crippen LogP contribution is -2.15. The standard InChI is InChI=1S/C12H12O5S2/c13-18(14,11-7-3-1-4-8-11)17-19(15,16)12-9-5-2-6-10-12/h1,3-5,7-10H,2,6H2. The second-order valence-electron chi connectivity index (χ2n) is 3.88. The highest BCUT2D eigenvalue weighted by molar-refractivity contribution is 8.02. The van der Waals surface area contributed by atoms with Crippen LogP contribution in [0.25, 0.3) is 0 Å². The Kier molecular flexibility index (Phi) is 3.88. The van der Waals surface area contributed by atoms with Gasteiger partial charge in [0.25, 0.3) is 0 Å². The van der Waals surface area contributed by atoms with Crippen molar-refractivity contribution in [1.29, 1.82) is 0 Å². The summed E-state index contributed by atoms with van der Waals surface area (Å²) in [5, 5.41) is 0. The van der Waals surface area contributed by atoms with E-state index in [2.05, 4.69) is 3.63 Å². The number of hydrogen-bond donors (Lipinski definition) is 0. The largest absolute Gasteiger partial charge is 0.311 e. The van der Waals surface area contributed by atoms with Gasteiger partial charge < -0.3 is 0 Å². The Morgan fingerprint density at radius 1 is 0.895 bits per heavy atom. The predicted octanol–water partition coefficient (Wildman–Crippen LogP) is 1.96. The van der Waals surface area contributed by atoms with Crippen molar-refractivity contribution in [3.05, 3.63) is 53.5 Å². The van der Waals surface area contributed by atoms with Crippen LogP contribution in [0.1, 0.15) is 12.8 Å². The molecule has 19 heavy (non-hydrogen) atoms. The zero-order valence-corrected chi connectivity index (χ0v) is 11.5. The number of benzene rings is 1. The Morgan fingerprint density at radius 3 is 2.16 bits per heavy atom. The van der Waals surface area contributed by atoms with Gasteiger partial charge >= 0.3 is 20.2 Å². The number of hydrogen-bond acceptors (Lipinski definition) is 5. The SMILES string of the molecule is O=S(=O)(OS(=O)(=O)c1ccccc1)C1=CCCC=C1. The van der Waals surface area contributed by atoms with Crippen LogP contribution in [-0.2, 0) is 23.9 Å². The average molecular weight is 300 g/mol. The minimum atomic E-state index is -4.33. The van der Waals surface area contributed by atoms with Gasteiger partial charge in [0.15, 0.2) is 0 Å². The van der Waals surface area contributed by atoms with Gasteiger partial charge in [-0.15, -0.1) is 3.63 Å². The maximum absolute atomic E-state index is 11.9. The van der Waals surface area contributed by atoms with Gasteiger partial charge in [0, 0.05) is 0 Å². The summed E-state index contributed by atoms with van der Waals surface area (Å²) >= 11 is 0. The molecule has 0 fully saturated rings. The molecule has 0 unspecified atom stereocenters. The van der Waals surface area contributed by atoms with Crippen molar-refractivity contribution in [2.24, 2.45) is 0 Å². The summed E-state index contributed by atoms with van der Waals surface area (Å²) in [5.74, 6) is 0.